The first-order valence-corrected chi connectivity index (χ1v) is 7.94. The molecule has 1 saturated heterocycles. The zero-order valence-corrected chi connectivity index (χ0v) is 14.8. The van der Waals surface area contributed by atoms with Crippen LogP contribution in [0.3, 0.4) is 0 Å². The number of alkyl carbamates (subject to hydrolysis) is 1. The van der Waals surface area contributed by atoms with Crippen LogP contribution >= 0.6 is 0 Å². The van der Waals surface area contributed by atoms with Gasteiger partial charge < -0.3 is 19.4 Å². The van der Waals surface area contributed by atoms with Crippen molar-refractivity contribution in [1.29, 1.82) is 0 Å². The third-order valence-electron chi connectivity index (χ3n) is 4.42. The summed E-state index contributed by atoms with van der Waals surface area (Å²) in [4.78, 5) is 11.8. The molecule has 1 N–H and O–H groups in total. The molecule has 0 aromatic carbocycles. The average Bonchev–Trinajstić information content (AvgIpc) is 2.79. The van der Waals surface area contributed by atoms with Crippen LogP contribution in [0, 0.1) is 0 Å². The summed E-state index contributed by atoms with van der Waals surface area (Å²) < 4.78 is 17.4. The van der Waals surface area contributed by atoms with E-state index in [0.717, 1.165) is 18.3 Å². The van der Waals surface area contributed by atoms with Crippen molar-refractivity contribution in [3.05, 3.63) is 11.5 Å². The third-order valence-corrected chi connectivity index (χ3v) is 4.42. The van der Waals surface area contributed by atoms with Gasteiger partial charge in [0.05, 0.1) is 11.2 Å². The lowest BCUT2D eigenvalue weighted by atomic mass is 9.77. The monoisotopic (exact) mass is 309 g/mol. The van der Waals surface area contributed by atoms with Gasteiger partial charge in [0.1, 0.15) is 5.60 Å². The van der Waals surface area contributed by atoms with Crippen molar-refractivity contribution in [2.75, 3.05) is 0 Å². The summed E-state index contributed by atoms with van der Waals surface area (Å²) in [6.45, 7) is 13.7. The molecule has 5 nitrogen and oxygen atoms in total. The molecule has 1 unspecified atom stereocenters. The molecule has 6 heteroatoms. The molecule has 0 aromatic rings. The molecule has 0 saturated carbocycles. The van der Waals surface area contributed by atoms with Crippen LogP contribution in [0.25, 0.3) is 0 Å². The predicted octanol–water partition coefficient (Wildman–Crippen LogP) is 3.23. The van der Waals surface area contributed by atoms with Gasteiger partial charge in [-0.2, -0.15) is 0 Å². The molecule has 124 valence electrons. The Labute approximate surface area is 133 Å². The van der Waals surface area contributed by atoms with Crippen molar-refractivity contribution < 1.29 is 18.8 Å². The first kappa shape index (κ1) is 17.4. The summed E-state index contributed by atoms with van der Waals surface area (Å²) >= 11 is 0. The van der Waals surface area contributed by atoms with Crippen molar-refractivity contribution >= 4 is 13.2 Å². The van der Waals surface area contributed by atoms with Crippen LogP contribution < -0.4 is 5.32 Å². The second-order valence-corrected chi connectivity index (χ2v) is 8.15. The van der Waals surface area contributed by atoms with Crippen LogP contribution in [0.15, 0.2) is 11.5 Å². The number of carbonyl (C=O) groups excluding carboxylic acids is 1. The topological polar surface area (TPSA) is 56.8 Å². The lowest BCUT2D eigenvalue weighted by Crippen LogP contribution is -2.41. The van der Waals surface area contributed by atoms with E-state index in [1.165, 1.54) is 0 Å². The Kier molecular flexibility index (Phi) is 4.39. The zero-order valence-electron chi connectivity index (χ0n) is 14.8. The first-order chi connectivity index (χ1) is 9.90. The molecule has 1 amide bonds. The molecule has 0 aromatic heterocycles. The molecule has 1 fully saturated rings. The van der Waals surface area contributed by atoms with E-state index in [4.69, 9.17) is 14.0 Å². The van der Waals surface area contributed by atoms with Gasteiger partial charge in [-0.05, 0) is 66.8 Å². The van der Waals surface area contributed by atoms with E-state index < -0.39 is 5.60 Å². The Morgan fingerprint density at radius 1 is 1.27 bits per heavy atom. The van der Waals surface area contributed by atoms with Gasteiger partial charge in [-0.25, -0.2) is 4.79 Å². The predicted molar refractivity (Wildman–Crippen MR) is 86.6 cm³/mol. The van der Waals surface area contributed by atoms with E-state index >= 15 is 0 Å². The normalized spacial score (nSPS) is 26.8. The molecule has 2 aliphatic rings. The lowest BCUT2D eigenvalue weighted by molar-refractivity contribution is 0.00578. The standard InChI is InChI=1S/C16H28BNO4/c1-14(2,3)20-13(19)18-12-9-8-11(10-12)17-21-15(4,5)16(6,7)22-17/h8,12H,9-10H2,1-7H3,(H,18,19). The van der Waals surface area contributed by atoms with E-state index in [0.29, 0.717) is 0 Å². The van der Waals surface area contributed by atoms with E-state index in [1.807, 2.05) is 48.5 Å². The highest BCUT2D eigenvalue weighted by molar-refractivity contribution is 6.54. The van der Waals surface area contributed by atoms with Gasteiger partial charge in [0.25, 0.3) is 0 Å². The van der Waals surface area contributed by atoms with Gasteiger partial charge in [0.2, 0.25) is 0 Å². The van der Waals surface area contributed by atoms with Gasteiger partial charge in [0, 0.05) is 6.04 Å². The van der Waals surface area contributed by atoms with Crippen LogP contribution in [-0.2, 0) is 14.0 Å². The highest BCUT2D eigenvalue weighted by atomic mass is 16.7. The number of rotatable bonds is 2. The molecule has 22 heavy (non-hydrogen) atoms. The molecule has 1 aliphatic carbocycles. The van der Waals surface area contributed by atoms with Crippen molar-refractivity contribution in [1.82, 2.24) is 5.32 Å². The fraction of sp³-hybridized carbons (Fsp3) is 0.812. The van der Waals surface area contributed by atoms with Crippen molar-refractivity contribution in [2.24, 2.45) is 0 Å². The molecule has 1 heterocycles. The molecule has 0 spiro atoms. The molecule has 1 aliphatic heterocycles. The highest BCUT2D eigenvalue weighted by Gasteiger charge is 2.52. The number of carbonyl (C=O) groups is 1. The Morgan fingerprint density at radius 3 is 2.32 bits per heavy atom. The second-order valence-electron chi connectivity index (χ2n) is 8.15. The van der Waals surface area contributed by atoms with E-state index in [2.05, 4.69) is 11.4 Å². The van der Waals surface area contributed by atoms with Crippen LogP contribution in [0.2, 0.25) is 0 Å². The molecule has 1 atom stereocenters. The van der Waals surface area contributed by atoms with Crippen molar-refractivity contribution in [3.63, 3.8) is 0 Å². The van der Waals surface area contributed by atoms with E-state index in [1.54, 1.807) is 0 Å². The summed E-state index contributed by atoms with van der Waals surface area (Å²) in [6, 6.07) is 0.0453. The molecular formula is C16H28BNO4. The highest BCUT2D eigenvalue weighted by Crippen LogP contribution is 2.40. The summed E-state index contributed by atoms with van der Waals surface area (Å²) in [6.07, 6.45) is 3.24. The summed E-state index contributed by atoms with van der Waals surface area (Å²) in [5.41, 5.74) is -0.0607. The van der Waals surface area contributed by atoms with Crippen LogP contribution in [0.1, 0.15) is 61.3 Å². The number of hydrogen-bond acceptors (Lipinski definition) is 4. The van der Waals surface area contributed by atoms with Crippen LogP contribution in [0.5, 0.6) is 0 Å². The molecule has 0 bridgehead atoms. The Hall–Kier alpha value is -1.01. The van der Waals surface area contributed by atoms with Gasteiger partial charge >= 0.3 is 13.2 Å². The Bertz CT molecular complexity index is 463. The van der Waals surface area contributed by atoms with E-state index in [-0.39, 0.29) is 30.5 Å². The Morgan fingerprint density at radius 2 is 1.82 bits per heavy atom. The molecule has 0 radical (unpaired) electrons. The SMILES string of the molecule is CC(C)(C)OC(=O)NC1CC=C(B2OC(C)(C)C(C)(C)O2)C1. The number of hydrogen-bond donors (Lipinski definition) is 1. The minimum absolute atomic E-state index is 0.0453. The maximum atomic E-state index is 11.8. The first-order valence-electron chi connectivity index (χ1n) is 7.94. The van der Waals surface area contributed by atoms with E-state index in [9.17, 15) is 4.79 Å². The van der Waals surface area contributed by atoms with Crippen molar-refractivity contribution in [3.8, 4) is 0 Å². The quantitative estimate of drug-likeness (QED) is 0.796. The zero-order chi connectivity index (χ0) is 16.8. The fourth-order valence-electron chi connectivity index (χ4n) is 2.52. The van der Waals surface area contributed by atoms with Crippen molar-refractivity contribution in [2.45, 2.75) is 84.2 Å². The van der Waals surface area contributed by atoms with Gasteiger partial charge in [-0.15, -0.1) is 0 Å². The second kappa shape index (κ2) is 5.57. The van der Waals surface area contributed by atoms with Gasteiger partial charge in [-0.1, -0.05) is 6.08 Å². The van der Waals surface area contributed by atoms with Gasteiger partial charge in [0.15, 0.2) is 0 Å². The Balaban J connectivity index is 1.87. The summed E-state index contributed by atoms with van der Waals surface area (Å²) in [5, 5.41) is 2.91. The fourth-order valence-corrected chi connectivity index (χ4v) is 2.52. The average molecular weight is 309 g/mol. The minimum atomic E-state index is -0.481. The smallest absolute Gasteiger partial charge is 0.444 e. The largest absolute Gasteiger partial charge is 0.490 e. The maximum absolute atomic E-state index is 11.8. The molecule has 2 rings (SSSR count). The number of amides is 1. The van der Waals surface area contributed by atoms with Crippen LogP contribution in [0.4, 0.5) is 4.79 Å². The minimum Gasteiger partial charge on any atom is -0.444 e. The third kappa shape index (κ3) is 3.85. The number of ether oxygens (including phenoxy) is 1. The van der Waals surface area contributed by atoms with Gasteiger partial charge in [-0.3, -0.25) is 0 Å². The lowest BCUT2D eigenvalue weighted by Gasteiger charge is -2.32. The number of nitrogens with one attached hydrogen (secondary N) is 1. The summed E-state index contributed by atoms with van der Waals surface area (Å²) in [5.74, 6) is 0. The van der Waals surface area contributed by atoms with Crippen LogP contribution in [-0.4, -0.2) is 36.1 Å². The maximum Gasteiger partial charge on any atom is 0.490 e. The summed E-state index contributed by atoms with van der Waals surface area (Å²) in [7, 11) is -0.324. The molecular weight excluding hydrogens is 281 g/mol.